The van der Waals surface area contributed by atoms with Crippen LogP contribution < -0.4 is 0 Å². The van der Waals surface area contributed by atoms with Crippen LogP contribution in [0.4, 0.5) is 202 Å². The molecule has 0 atom stereocenters. The van der Waals surface area contributed by atoms with E-state index in [1.54, 1.807) is 0 Å². The third kappa shape index (κ3) is 7.79. The summed E-state index contributed by atoms with van der Waals surface area (Å²) < 4.78 is 631. The molecular weight excluding hydrogens is 1210 g/mol. The maximum absolute atomic E-state index is 14.7. The minimum absolute atomic E-state index is 1.42. The molecule has 0 amide bonds. The zero-order valence-corrected chi connectivity index (χ0v) is 31.7. The first-order chi connectivity index (χ1) is 31.2. The van der Waals surface area contributed by atoms with Crippen molar-refractivity contribution in [2.45, 2.75) is 131 Å². The van der Waals surface area contributed by atoms with Gasteiger partial charge in [-0.1, -0.05) is 18.2 Å². The third-order valence-electron chi connectivity index (χ3n) is 9.40. The van der Waals surface area contributed by atoms with Gasteiger partial charge in [-0.25, -0.2) is 0 Å². The fraction of sp³-hybridized carbons (Fsp3) is 0.786. The monoisotopic (exact) mass is 1210 g/mol. The Morgan fingerprint density at radius 3 is 0.419 bits per heavy atom. The van der Waals surface area contributed by atoms with E-state index in [9.17, 15) is 202 Å². The lowest BCUT2D eigenvalue weighted by atomic mass is 9.83. The Kier molecular flexibility index (Phi) is 15.4. The van der Waals surface area contributed by atoms with Crippen LogP contribution in [0.15, 0.2) is 24.3 Å². The summed E-state index contributed by atoms with van der Waals surface area (Å²) in [5.41, 5.74) is -8.70. The number of halogens is 46. The van der Waals surface area contributed by atoms with Gasteiger partial charge in [0.2, 0.25) is 0 Å². The largest absolute Gasteiger partial charge is 0.460 e. The normalized spacial score (nSPS) is 17.1. The number of alkyl halides is 46. The van der Waals surface area contributed by atoms with Crippen LogP contribution in [0.3, 0.4) is 0 Å². The second-order valence-corrected chi connectivity index (χ2v) is 14.1. The van der Waals surface area contributed by atoms with Gasteiger partial charge in [-0.3, -0.25) is 0 Å². The van der Waals surface area contributed by atoms with Crippen LogP contribution >= 0.6 is 0 Å². The molecule has 0 heterocycles. The zero-order valence-electron chi connectivity index (χ0n) is 31.7. The highest BCUT2D eigenvalue weighted by molar-refractivity contribution is 5.35. The van der Waals surface area contributed by atoms with Gasteiger partial charge in [0.05, 0.1) is 0 Å². The van der Waals surface area contributed by atoms with Crippen LogP contribution in [0, 0.1) is 0 Å². The molecule has 0 bridgehead atoms. The first-order valence-electron chi connectivity index (χ1n) is 16.0. The number of benzene rings is 1. The highest BCUT2D eigenvalue weighted by Crippen LogP contribution is 2.70. The fourth-order valence-corrected chi connectivity index (χ4v) is 4.78. The first kappa shape index (κ1) is 68.0. The second-order valence-electron chi connectivity index (χ2n) is 14.1. The Morgan fingerprint density at radius 1 is 0.162 bits per heavy atom. The van der Waals surface area contributed by atoms with E-state index in [1.807, 2.05) is 0 Å². The molecule has 0 spiro atoms. The highest BCUT2D eigenvalue weighted by atomic mass is 19.5. The van der Waals surface area contributed by atoms with Crippen molar-refractivity contribution in [3.63, 3.8) is 0 Å². The third-order valence-corrected chi connectivity index (χ3v) is 9.40. The average Bonchev–Trinajstić information content (AvgIpc) is 3.18. The van der Waals surface area contributed by atoms with Gasteiger partial charge in [-0.15, -0.1) is 0 Å². The van der Waals surface area contributed by atoms with Gasteiger partial charge in [0, 0.05) is 11.1 Å². The molecule has 0 saturated carbocycles. The molecule has 438 valence electrons. The predicted octanol–water partition coefficient (Wildman–Crippen LogP) is 16.4. The molecule has 0 N–H and O–H groups in total. The van der Waals surface area contributed by atoms with Crippen LogP contribution in [-0.4, -0.2) is 119 Å². The summed E-state index contributed by atoms with van der Waals surface area (Å²) >= 11 is 0. The number of rotatable bonds is 20. The molecule has 1 rings (SSSR count). The fourth-order valence-electron chi connectivity index (χ4n) is 4.78. The molecule has 46 heteroatoms. The lowest BCUT2D eigenvalue weighted by molar-refractivity contribution is -0.479. The molecule has 0 aliphatic heterocycles. The van der Waals surface area contributed by atoms with Crippen LogP contribution in [0.2, 0.25) is 0 Å². The molecular formula is C28H4F46. The Balaban J connectivity index is 4.15. The average molecular weight is 1210 g/mol. The Hall–Kier alpha value is -4.00. The summed E-state index contributed by atoms with van der Waals surface area (Å²) in [5.74, 6) is -192. The summed E-state index contributed by atoms with van der Waals surface area (Å²) in [6, 6.07) is -7.23. The smallest absolute Gasteiger partial charge is 0.194 e. The van der Waals surface area contributed by atoms with E-state index >= 15 is 0 Å². The van der Waals surface area contributed by atoms with Crippen LogP contribution in [0.25, 0.3) is 0 Å². The summed E-state index contributed by atoms with van der Waals surface area (Å²) in [4.78, 5) is 0. The van der Waals surface area contributed by atoms with Crippen molar-refractivity contribution < 1.29 is 202 Å². The quantitative estimate of drug-likeness (QED) is 0.114. The van der Waals surface area contributed by atoms with E-state index in [2.05, 4.69) is 0 Å². The standard InChI is InChI=1S/C28H4F46/c29-7(30,9(33,34)11(37,38)13(41,42)15(45,46)17(49,50)19(53,54)21(57,58)23(61,62)25(65,66)27(69,70)71)5-2-1-3-6(4-5)8(31,32)10(35,36)12(39,40)14(43,44)16(47,48)18(51,52)20(55,56)22(59,60)24(63,64)26(67,68)28(72,73)74/h1-4H. The lowest BCUT2D eigenvalue weighted by Crippen LogP contribution is -2.77. The topological polar surface area (TPSA) is 0 Å². The highest BCUT2D eigenvalue weighted by Gasteiger charge is 3.01. The van der Waals surface area contributed by atoms with Gasteiger partial charge in [-0.05, 0) is 6.07 Å². The maximum Gasteiger partial charge on any atom is 0.460 e. The summed E-state index contributed by atoms with van der Waals surface area (Å²) in [6.45, 7) is 0. The first-order valence-corrected chi connectivity index (χ1v) is 16.0. The Labute approximate surface area is 369 Å². The summed E-state index contributed by atoms with van der Waals surface area (Å²) in [5, 5.41) is 0. The van der Waals surface area contributed by atoms with Crippen molar-refractivity contribution in [2.24, 2.45) is 0 Å². The zero-order chi connectivity index (χ0) is 61.0. The Morgan fingerprint density at radius 2 is 0.284 bits per heavy atom. The van der Waals surface area contributed by atoms with Gasteiger partial charge in [-0.2, -0.15) is 202 Å². The van der Waals surface area contributed by atoms with E-state index in [0.717, 1.165) is 0 Å². The molecule has 0 unspecified atom stereocenters. The molecule has 0 saturated heterocycles. The molecule has 1 aromatic rings. The summed E-state index contributed by atoms with van der Waals surface area (Å²) in [7, 11) is 0. The lowest BCUT2D eigenvalue weighted by Gasteiger charge is -2.45. The molecule has 0 nitrogen and oxygen atoms in total. The maximum atomic E-state index is 14.7. The van der Waals surface area contributed by atoms with Crippen molar-refractivity contribution in [1.82, 2.24) is 0 Å². The van der Waals surface area contributed by atoms with Gasteiger partial charge in [0.25, 0.3) is 0 Å². The molecule has 0 fully saturated rings. The Bertz CT molecular complexity index is 2040. The van der Waals surface area contributed by atoms with Gasteiger partial charge < -0.3 is 0 Å². The van der Waals surface area contributed by atoms with Crippen molar-refractivity contribution in [3.8, 4) is 0 Å². The van der Waals surface area contributed by atoms with E-state index < -0.39 is 166 Å². The van der Waals surface area contributed by atoms with E-state index in [4.69, 9.17) is 0 Å². The predicted molar refractivity (Wildman–Crippen MR) is 135 cm³/mol. The van der Waals surface area contributed by atoms with Crippen molar-refractivity contribution in [3.05, 3.63) is 35.4 Å². The van der Waals surface area contributed by atoms with Crippen molar-refractivity contribution >= 4 is 0 Å². The second kappa shape index (κ2) is 16.8. The van der Waals surface area contributed by atoms with Gasteiger partial charge >= 0.3 is 131 Å². The molecule has 74 heavy (non-hydrogen) atoms. The van der Waals surface area contributed by atoms with Crippen LogP contribution in [0.1, 0.15) is 11.1 Å². The van der Waals surface area contributed by atoms with E-state index in [-0.39, 0.29) is 0 Å². The van der Waals surface area contributed by atoms with Crippen molar-refractivity contribution in [1.29, 1.82) is 0 Å². The molecule has 0 aliphatic rings. The minimum atomic E-state index is -10.1. The van der Waals surface area contributed by atoms with Gasteiger partial charge in [0.1, 0.15) is 0 Å². The number of hydrogen-bond acceptors (Lipinski definition) is 0. The van der Waals surface area contributed by atoms with Crippen LogP contribution in [-0.2, 0) is 11.8 Å². The summed E-state index contributed by atoms with van der Waals surface area (Å²) in [6.07, 6.45) is -16.9. The van der Waals surface area contributed by atoms with E-state index in [1.165, 1.54) is 0 Å². The number of hydrogen-bond donors (Lipinski definition) is 0. The van der Waals surface area contributed by atoms with Crippen LogP contribution in [0.5, 0.6) is 0 Å². The SMILES string of the molecule is FC(F)(F)C(F)(F)C(F)(F)C(F)(F)C(F)(F)C(F)(F)C(F)(F)C(F)(F)C(F)(F)C(F)(F)C(F)(F)c1cccc(C(F)(F)C(F)(F)C(F)(F)C(F)(F)C(F)(F)C(F)(F)C(F)(F)C(F)(F)C(F)(F)C(F)(F)C(F)(F)F)c1. The molecule has 0 radical (unpaired) electrons. The minimum Gasteiger partial charge on any atom is -0.194 e. The van der Waals surface area contributed by atoms with Gasteiger partial charge in [0.15, 0.2) is 0 Å². The van der Waals surface area contributed by atoms with Crippen molar-refractivity contribution in [2.75, 3.05) is 0 Å². The molecule has 1 aromatic carbocycles. The van der Waals surface area contributed by atoms with E-state index in [0.29, 0.717) is 0 Å². The molecule has 0 aliphatic carbocycles. The molecule has 0 aromatic heterocycles.